The highest BCUT2D eigenvalue weighted by atomic mass is 19.1. The van der Waals surface area contributed by atoms with Crippen molar-refractivity contribution in [2.45, 2.75) is 25.9 Å². The number of hydrogen-bond donors (Lipinski definition) is 0. The lowest BCUT2D eigenvalue weighted by Gasteiger charge is -2.32. The Morgan fingerprint density at radius 1 is 1.41 bits per heavy atom. The highest BCUT2D eigenvalue weighted by Crippen LogP contribution is 2.21. The van der Waals surface area contributed by atoms with Crippen LogP contribution in [0.5, 0.6) is 0 Å². The second kappa shape index (κ2) is 6.67. The van der Waals surface area contributed by atoms with E-state index in [4.69, 9.17) is 5.26 Å². The number of nitrogens with zero attached hydrogens (tertiary/aromatic N) is 5. The van der Waals surface area contributed by atoms with Gasteiger partial charge in [0.05, 0.1) is 11.6 Å². The number of piperidine rings is 1. The molecule has 0 unspecified atom stereocenters. The number of benzene rings is 1. The van der Waals surface area contributed by atoms with E-state index in [9.17, 15) is 4.39 Å². The quantitative estimate of drug-likeness (QED) is 0.868. The Morgan fingerprint density at radius 2 is 2.32 bits per heavy atom. The van der Waals surface area contributed by atoms with Gasteiger partial charge in [0.1, 0.15) is 18.5 Å². The third-order valence-electron chi connectivity index (χ3n) is 4.09. The summed E-state index contributed by atoms with van der Waals surface area (Å²) in [5, 5.41) is 12.9. The molecule has 6 heteroatoms. The van der Waals surface area contributed by atoms with E-state index in [0.29, 0.717) is 23.6 Å². The van der Waals surface area contributed by atoms with Gasteiger partial charge in [-0.15, -0.1) is 0 Å². The monoisotopic (exact) mass is 299 g/mol. The molecular formula is C16H18FN5. The van der Waals surface area contributed by atoms with Crippen molar-refractivity contribution < 1.29 is 4.39 Å². The smallest absolute Gasteiger partial charge is 0.137 e. The Morgan fingerprint density at radius 3 is 3.05 bits per heavy atom. The summed E-state index contributed by atoms with van der Waals surface area (Å²) in [6, 6.07) is 6.67. The van der Waals surface area contributed by atoms with Gasteiger partial charge in [-0.05, 0) is 37.4 Å². The number of likely N-dealkylation sites (tertiary alicyclic amines) is 1. The molecule has 2 heterocycles. The zero-order chi connectivity index (χ0) is 15.4. The first kappa shape index (κ1) is 14.7. The van der Waals surface area contributed by atoms with Crippen LogP contribution in [0.25, 0.3) is 0 Å². The summed E-state index contributed by atoms with van der Waals surface area (Å²) in [5.41, 5.74) is 1.02. The molecule has 114 valence electrons. The molecule has 1 aromatic carbocycles. The van der Waals surface area contributed by atoms with Crippen molar-refractivity contribution in [2.24, 2.45) is 5.92 Å². The number of halogens is 1. The molecule has 0 radical (unpaired) electrons. The molecule has 1 aliphatic rings. The molecule has 0 amide bonds. The summed E-state index contributed by atoms with van der Waals surface area (Å²) < 4.78 is 15.9. The van der Waals surface area contributed by atoms with E-state index in [-0.39, 0.29) is 5.82 Å². The fourth-order valence-electron chi connectivity index (χ4n) is 3.02. The van der Waals surface area contributed by atoms with Gasteiger partial charge in [-0.25, -0.2) is 9.37 Å². The molecule has 1 aromatic heterocycles. The van der Waals surface area contributed by atoms with Crippen LogP contribution in [0.3, 0.4) is 0 Å². The summed E-state index contributed by atoms with van der Waals surface area (Å²) in [7, 11) is 0. The zero-order valence-electron chi connectivity index (χ0n) is 12.3. The van der Waals surface area contributed by atoms with E-state index in [0.717, 1.165) is 32.5 Å². The van der Waals surface area contributed by atoms with Gasteiger partial charge >= 0.3 is 0 Å². The highest BCUT2D eigenvalue weighted by Gasteiger charge is 2.21. The molecule has 0 saturated carbocycles. The second-order valence-corrected chi connectivity index (χ2v) is 5.78. The van der Waals surface area contributed by atoms with Gasteiger partial charge in [0.15, 0.2) is 0 Å². The largest absolute Gasteiger partial charge is 0.299 e. The molecule has 5 nitrogen and oxygen atoms in total. The Labute approximate surface area is 129 Å². The molecular weight excluding hydrogens is 281 g/mol. The van der Waals surface area contributed by atoms with Crippen LogP contribution in [0.2, 0.25) is 0 Å². The van der Waals surface area contributed by atoms with Crippen molar-refractivity contribution in [3.8, 4) is 6.07 Å². The fourth-order valence-corrected chi connectivity index (χ4v) is 3.02. The third-order valence-corrected chi connectivity index (χ3v) is 4.09. The van der Waals surface area contributed by atoms with Crippen molar-refractivity contribution >= 4 is 0 Å². The minimum Gasteiger partial charge on any atom is -0.299 e. The van der Waals surface area contributed by atoms with Crippen LogP contribution in [0, 0.1) is 23.1 Å². The highest BCUT2D eigenvalue weighted by molar-refractivity contribution is 5.32. The van der Waals surface area contributed by atoms with Crippen LogP contribution < -0.4 is 0 Å². The molecule has 2 aromatic rings. The van der Waals surface area contributed by atoms with E-state index >= 15 is 0 Å². The maximum Gasteiger partial charge on any atom is 0.137 e. The van der Waals surface area contributed by atoms with Crippen molar-refractivity contribution in [1.82, 2.24) is 19.7 Å². The summed E-state index contributed by atoms with van der Waals surface area (Å²) in [4.78, 5) is 6.24. The Hall–Kier alpha value is -2.26. The van der Waals surface area contributed by atoms with Crippen molar-refractivity contribution in [3.63, 3.8) is 0 Å². The predicted molar refractivity (Wildman–Crippen MR) is 79.1 cm³/mol. The van der Waals surface area contributed by atoms with Gasteiger partial charge in [0.25, 0.3) is 0 Å². The third kappa shape index (κ3) is 3.49. The van der Waals surface area contributed by atoms with Crippen LogP contribution in [-0.4, -0.2) is 32.8 Å². The zero-order valence-corrected chi connectivity index (χ0v) is 12.3. The topological polar surface area (TPSA) is 57.7 Å². The molecule has 22 heavy (non-hydrogen) atoms. The lowest BCUT2D eigenvalue weighted by Crippen LogP contribution is -2.36. The van der Waals surface area contributed by atoms with Crippen LogP contribution in [0.1, 0.15) is 24.0 Å². The van der Waals surface area contributed by atoms with E-state index in [2.05, 4.69) is 15.0 Å². The van der Waals surface area contributed by atoms with Gasteiger partial charge < -0.3 is 0 Å². The Balaban J connectivity index is 1.61. The summed E-state index contributed by atoms with van der Waals surface area (Å²) in [5.74, 6) is 0.217. The first-order valence-electron chi connectivity index (χ1n) is 7.48. The van der Waals surface area contributed by atoms with E-state index < -0.39 is 0 Å². The average Bonchev–Trinajstić information content (AvgIpc) is 3.02. The number of aromatic nitrogens is 3. The molecule has 3 rings (SSSR count). The maximum absolute atomic E-state index is 14.0. The van der Waals surface area contributed by atoms with Crippen molar-refractivity contribution in [2.75, 3.05) is 13.1 Å². The normalized spacial score (nSPS) is 19.0. The van der Waals surface area contributed by atoms with Gasteiger partial charge in [0.2, 0.25) is 0 Å². The second-order valence-electron chi connectivity index (χ2n) is 5.78. The number of rotatable bonds is 4. The first-order chi connectivity index (χ1) is 10.7. The van der Waals surface area contributed by atoms with Crippen LogP contribution in [0.4, 0.5) is 4.39 Å². The van der Waals surface area contributed by atoms with Gasteiger partial charge in [-0.1, -0.05) is 6.07 Å². The molecule has 0 aliphatic carbocycles. The minimum absolute atomic E-state index is 0.294. The molecule has 0 spiro atoms. The van der Waals surface area contributed by atoms with E-state index in [1.807, 2.05) is 10.8 Å². The SMILES string of the molecule is N#Cc1ccc(CN2CCC[C@H](Cn3cncn3)C2)c(F)c1. The molecule has 0 N–H and O–H groups in total. The number of nitriles is 1. The van der Waals surface area contributed by atoms with Gasteiger partial charge in [-0.2, -0.15) is 10.4 Å². The van der Waals surface area contributed by atoms with Gasteiger partial charge in [-0.3, -0.25) is 9.58 Å². The van der Waals surface area contributed by atoms with E-state index in [1.165, 1.54) is 6.07 Å². The van der Waals surface area contributed by atoms with Gasteiger partial charge in [0, 0.05) is 25.2 Å². The number of hydrogen-bond acceptors (Lipinski definition) is 4. The summed E-state index contributed by atoms with van der Waals surface area (Å²) in [6.07, 6.45) is 5.55. The van der Waals surface area contributed by atoms with E-state index in [1.54, 1.807) is 24.8 Å². The predicted octanol–water partition coefficient (Wildman–Crippen LogP) is 2.20. The standard InChI is InChI=1S/C16H18FN5/c17-16-6-13(7-18)3-4-15(16)10-21-5-1-2-14(8-21)9-22-12-19-11-20-22/h3-4,6,11-12,14H,1-2,5,8-10H2/t14-/m0/s1. The lowest BCUT2D eigenvalue weighted by molar-refractivity contribution is 0.152. The molecule has 1 fully saturated rings. The first-order valence-corrected chi connectivity index (χ1v) is 7.48. The van der Waals surface area contributed by atoms with Crippen molar-refractivity contribution in [3.05, 3.63) is 47.8 Å². The Bertz CT molecular complexity index is 662. The van der Waals surface area contributed by atoms with Crippen LogP contribution in [-0.2, 0) is 13.1 Å². The molecule has 1 aliphatic heterocycles. The summed E-state index contributed by atoms with van der Waals surface area (Å²) in [6.45, 7) is 3.35. The summed E-state index contributed by atoms with van der Waals surface area (Å²) >= 11 is 0. The molecule has 1 atom stereocenters. The van der Waals surface area contributed by atoms with Crippen LogP contribution >= 0.6 is 0 Å². The lowest BCUT2D eigenvalue weighted by atomic mass is 9.97. The average molecular weight is 299 g/mol. The maximum atomic E-state index is 14.0. The minimum atomic E-state index is -0.294. The molecule has 1 saturated heterocycles. The molecule has 0 bridgehead atoms. The fraction of sp³-hybridized carbons (Fsp3) is 0.438. The Kier molecular flexibility index (Phi) is 4.45. The van der Waals surface area contributed by atoms with Crippen molar-refractivity contribution in [1.29, 1.82) is 5.26 Å². The van der Waals surface area contributed by atoms with Crippen LogP contribution in [0.15, 0.2) is 30.9 Å².